The summed E-state index contributed by atoms with van der Waals surface area (Å²) in [4.78, 5) is 0. The van der Waals surface area contributed by atoms with Gasteiger partial charge in [0.2, 0.25) is 0 Å². The lowest BCUT2D eigenvalue weighted by molar-refractivity contribution is -0.404. The molecule has 2 fully saturated rings. The molecular weight excluding hydrogens is 118 g/mol. The van der Waals surface area contributed by atoms with Crippen molar-refractivity contribution in [3.63, 3.8) is 0 Å². The van der Waals surface area contributed by atoms with Gasteiger partial charge in [0, 0.05) is 25.9 Å². The van der Waals surface area contributed by atoms with E-state index in [1.54, 1.807) is 0 Å². The van der Waals surface area contributed by atoms with Crippen LogP contribution in [0.25, 0.3) is 0 Å². The van der Waals surface area contributed by atoms with Crippen LogP contribution in [0.1, 0.15) is 12.8 Å². The lowest BCUT2D eigenvalue weighted by Gasteiger charge is -2.44. The van der Waals surface area contributed by atoms with Gasteiger partial charge in [-0.25, -0.2) is 0 Å². The van der Waals surface area contributed by atoms with Gasteiger partial charge in [0.15, 0.2) is 12.6 Å². The molecule has 0 bridgehead atoms. The zero-order chi connectivity index (χ0) is 6.16. The Morgan fingerprint density at radius 3 is 2.11 bits per heavy atom. The molecule has 1 spiro atoms. The van der Waals surface area contributed by atoms with Gasteiger partial charge >= 0.3 is 0 Å². The summed E-state index contributed by atoms with van der Waals surface area (Å²) < 4.78 is 10.6. The van der Waals surface area contributed by atoms with Crippen molar-refractivity contribution < 1.29 is 9.47 Å². The van der Waals surface area contributed by atoms with E-state index in [0.717, 1.165) is 25.9 Å². The smallest absolute Gasteiger partial charge is 0.176 e. The van der Waals surface area contributed by atoms with E-state index in [-0.39, 0.29) is 5.79 Å². The molecule has 0 atom stereocenters. The van der Waals surface area contributed by atoms with Crippen molar-refractivity contribution in [2.45, 2.75) is 18.6 Å². The maximum atomic E-state index is 5.30. The van der Waals surface area contributed by atoms with Crippen LogP contribution in [0.3, 0.4) is 0 Å². The molecule has 3 nitrogen and oxygen atoms in total. The van der Waals surface area contributed by atoms with E-state index < -0.39 is 0 Å². The number of ether oxygens (including phenoxy) is 2. The highest BCUT2D eigenvalue weighted by atomic mass is 16.9. The molecule has 2 saturated heterocycles. The van der Waals surface area contributed by atoms with Crippen LogP contribution in [0.5, 0.6) is 0 Å². The average molecular weight is 129 g/mol. The topological polar surface area (TPSA) is 30.5 Å². The quantitative estimate of drug-likeness (QED) is 0.502. The highest BCUT2D eigenvalue weighted by Crippen LogP contribution is 2.31. The highest BCUT2D eigenvalue weighted by molar-refractivity contribution is 4.80. The van der Waals surface area contributed by atoms with Crippen molar-refractivity contribution in [3.8, 4) is 0 Å². The molecule has 9 heavy (non-hydrogen) atoms. The van der Waals surface area contributed by atoms with Crippen molar-refractivity contribution in [3.05, 3.63) is 0 Å². The Hall–Kier alpha value is -0.120. The molecule has 0 aromatic rings. The predicted molar refractivity (Wildman–Crippen MR) is 31.9 cm³/mol. The van der Waals surface area contributed by atoms with E-state index in [0.29, 0.717) is 6.79 Å². The first-order valence-electron chi connectivity index (χ1n) is 3.40. The van der Waals surface area contributed by atoms with Gasteiger partial charge in [-0.15, -0.1) is 0 Å². The van der Waals surface area contributed by atoms with E-state index in [9.17, 15) is 0 Å². The Balaban J connectivity index is 1.93. The molecule has 2 aliphatic heterocycles. The van der Waals surface area contributed by atoms with Crippen LogP contribution in [0.2, 0.25) is 0 Å². The summed E-state index contributed by atoms with van der Waals surface area (Å²) in [5, 5.41) is 3.25. The molecular formula is C6H11NO2. The number of rotatable bonds is 0. The third-order valence-electron chi connectivity index (χ3n) is 2.01. The first kappa shape index (κ1) is 5.65. The summed E-state index contributed by atoms with van der Waals surface area (Å²) in [6, 6.07) is 0. The number of hydrogen-bond donors (Lipinski definition) is 1. The molecule has 0 aromatic heterocycles. The lowest BCUT2D eigenvalue weighted by Crippen LogP contribution is -2.53. The van der Waals surface area contributed by atoms with Crippen LogP contribution in [-0.4, -0.2) is 25.7 Å². The van der Waals surface area contributed by atoms with Crippen molar-refractivity contribution >= 4 is 0 Å². The molecule has 0 unspecified atom stereocenters. The first-order chi connectivity index (χ1) is 4.41. The molecule has 2 rings (SSSR count). The van der Waals surface area contributed by atoms with Gasteiger partial charge in [-0.05, 0) is 0 Å². The van der Waals surface area contributed by atoms with Crippen molar-refractivity contribution in [2.24, 2.45) is 0 Å². The zero-order valence-electron chi connectivity index (χ0n) is 5.35. The van der Waals surface area contributed by atoms with E-state index in [2.05, 4.69) is 5.32 Å². The van der Waals surface area contributed by atoms with Crippen molar-refractivity contribution in [1.82, 2.24) is 5.32 Å². The van der Waals surface area contributed by atoms with Crippen LogP contribution in [-0.2, 0) is 9.47 Å². The Kier molecular flexibility index (Phi) is 1.22. The molecule has 0 aliphatic carbocycles. The van der Waals surface area contributed by atoms with Crippen molar-refractivity contribution in [2.75, 3.05) is 19.9 Å². The molecule has 0 amide bonds. The van der Waals surface area contributed by atoms with E-state index >= 15 is 0 Å². The van der Waals surface area contributed by atoms with E-state index in [1.807, 2.05) is 0 Å². The van der Waals surface area contributed by atoms with Crippen molar-refractivity contribution in [1.29, 1.82) is 0 Å². The van der Waals surface area contributed by atoms with Gasteiger partial charge in [-0.1, -0.05) is 0 Å². The minimum absolute atomic E-state index is 0.161. The summed E-state index contributed by atoms with van der Waals surface area (Å²) in [6.07, 6.45) is 2.01. The Morgan fingerprint density at radius 2 is 1.78 bits per heavy atom. The number of piperidine rings is 1. The second-order valence-corrected chi connectivity index (χ2v) is 2.57. The fraction of sp³-hybridized carbons (Fsp3) is 1.00. The van der Waals surface area contributed by atoms with Gasteiger partial charge in [-0.3, -0.25) is 0 Å². The van der Waals surface area contributed by atoms with Crippen LogP contribution in [0.15, 0.2) is 0 Å². The molecule has 2 heterocycles. The molecule has 0 saturated carbocycles. The normalized spacial score (nSPS) is 32.0. The maximum Gasteiger partial charge on any atom is 0.176 e. The third kappa shape index (κ3) is 0.852. The average Bonchev–Trinajstić information content (AvgIpc) is 1.87. The minimum atomic E-state index is -0.161. The number of nitrogens with one attached hydrogen (secondary N) is 1. The molecule has 3 heteroatoms. The Morgan fingerprint density at radius 1 is 1.11 bits per heavy atom. The van der Waals surface area contributed by atoms with Gasteiger partial charge in [-0.2, -0.15) is 0 Å². The van der Waals surface area contributed by atoms with Crippen LogP contribution < -0.4 is 5.32 Å². The van der Waals surface area contributed by atoms with Crippen LogP contribution in [0.4, 0.5) is 0 Å². The standard InChI is InChI=1S/C6H11NO2/c1-3-7-4-2-6(1)8-5-9-6/h7H,1-5H2. The fourth-order valence-electron chi connectivity index (χ4n) is 1.32. The van der Waals surface area contributed by atoms with E-state index in [4.69, 9.17) is 9.47 Å². The first-order valence-corrected chi connectivity index (χ1v) is 3.40. The van der Waals surface area contributed by atoms with Gasteiger partial charge in [0.25, 0.3) is 0 Å². The number of hydrogen-bond acceptors (Lipinski definition) is 3. The second-order valence-electron chi connectivity index (χ2n) is 2.57. The summed E-state index contributed by atoms with van der Waals surface area (Å²) in [7, 11) is 0. The maximum absolute atomic E-state index is 5.30. The second kappa shape index (κ2) is 1.94. The summed E-state index contributed by atoms with van der Waals surface area (Å²) in [5.41, 5.74) is 0. The molecule has 0 aromatic carbocycles. The molecule has 2 aliphatic rings. The summed E-state index contributed by atoms with van der Waals surface area (Å²) >= 11 is 0. The Bertz CT molecular complexity index is 104. The Labute approximate surface area is 54.3 Å². The minimum Gasteiger partial charge on any atom is -0.324 e. The zero-order valence-corrected chi connectivity index (χ0v) is 5.35. The summed E-state index contributed by atoms with van der Waals surface area (Å²) in [6.45, 7) is 2.56. The predicted octanol–water partition coefficient (Wildman–Crippen LogP) is 0.0704. The molecule has 1 N–H and O–H groups in total. The van der Waals surface area contributed by atoms with Gasteiger partial charge in [0.1, 0.15) is 0 Å². The monoisotopic (exact) mass is 129 g/mol. The van der Waals surface area contributed by atoms with Gasteiger partial charge in [0.05, 0.1) is 0 Å². The molecule has 0 radical (unpaired) electrons. The highest BCUT2D eigenvalue weighted by Gasteiger charge is 2.40. The molecule has 52 valence electrons. The SMILES string of the molecule is C1CC2(CCN1)OCO2. The van der Waals surface area contributed by atoms with Gasteiger partial charge < -0.3 is 14.8 Å². The van der Waals surface area contributed by atoms with Crippen LogP contribution >= 0.6 is 0 Å². The van der Waals surface area contributed by atoms with Crippen LogP contribution in [0, 0.1) is 0 Å². The largest absolute Gasteiger partial charge is 0.324 e. The summed E-state index contributed by atoms with van der Waals surface area (Å²) in [5.74, 6) is -0.161. The fourth-order valence-corrected chi connectivity index (χ4v) is 1.32. The lowest BCUT2D eigenvalue weighted by atomic mass is 10.0. The third-order valence-corrected chi connectivity index (χ3v) is 2.01. The van der Waals surface area contributed by atoms with E-state index in [1.165, 1.54) is 0 Å².